The van der Waals surface area contributed by atoms with Gasteiger partial charge in [0.25, 0.3) is 10.0 Å². The molecule has 0 aliphatic heterocycles. The summed E-state index contributed by atoms with van der Waals surface area (Å²) in [6.45, 7) is 0.966. The fourth-order valence-corrected chi connectivity index (χ4v) is 4.40. The fraction of sp³-hybridized carbons (Fsp3) is 0.130. The average molecular weight is 454 g/mol. The summed E-state index contributed by atoms with van der Waals surface area (Å²) in [5, 5.41) is 5.32. The van der Waals surface area contributed by atoms with Crippen molar-refractivity contribution in [2.24, 2.45) is 0 Å². The Labute approximate surface area is 186 Å². The van der Waals surface area contributed by atoms with Gasteiger partial charge >= 0.3 is 0 Å². The van der Waals surface area contributed by atoms with Gasteiger partial charge in [0, 0.05) is 18.3 Å². The van der Waals surface area contributed by atoms with E-state index in [9.17, 15) is 18.0 Å². The van der Waals surface area contributed by atoms with Gasteiger partial charge in [-0.05, 0) is 60.7 Å². The van der Waals surface area contributed by atoms with E-state index in [1.54, 1.807) is 66.7 Å². The highest BCUT2D eigenvalue weighted by Gasteiger charge is 2.27. The fourth-order valence-electron chi connectivity index (χ4n) is 2.95. The van der Waals surface area contributed by atoms with E-state index >= 15 is 0 Å². The van der Waals surface area contributed by atoms with E-state index in [2.05, 4.69) is 10.6 Å². The monoisotopic (exact) mass is 453 g/mol. The quantitative estimate of drug-likeness (QED) is 0.543. The number of hydrogen-bond donors (Lipinski definition) is 2. The second kappa shape index (κ2) is 9.97. The largest absolute Gasteiger partial charge is 0.497 e. The van der Waals surface area contributed by atoms with Crippen molar-refractivity contribution in [3.05, 3.63) is 78.9 Å². The van der Waals surface area contributed by atoms with Crippen LogP contribution in [0.3, 0.4) is 0 Å². The van der Waals surface area contributed by atoms with Crippen LogP contribution in [0.2, 0.25) is 0 Å². The van der Waals surface area contributed by atoms with Crippen LogP contribution >= 0.6 is 0 Å². The first-order valence-corrected chi connectivity index (χ1v) is 11.1. The Morgan fingerprint density at radius 1 is 0.844 bits per heavy atom. The predicted molar refractivity (Wildman–Crippen MR) is 123 cm³/mol. The number of hydrogen-bond acceptors (Lipinski definition) is 5. The van der Waals surface area contributed by atoms with Crippen molar-refractivity contribution in [2.75, 3.05) is 28.6 Å². The third-order valence-corrected chi connectivity index (χ3v) is 6.26. The average Bonchev–Trinajstić information content (AvgIpc) is 2.79. The molecule has 0 unspecified atom stereocenters. The molecule has 0 saturated carbocycles. The van der Waals surface area contributed by atoms with Crippen molar-refractivity contribution < 1.29 is 22.7 Å². The van der Waals surface area contributed by atoms with Crippen LogP contribution in [0.25, 0.3) is 0 Å². The molecule has 2 N–H and O–H groups in total. The number of rotatable bonds is 8. The Morgan fingerprint density at radius 2 is 1.41 bits per heavy atom. The molecule has 0 heterocycles. The van der Waals surface area contributed by atoms with Crippen LogP contribution in [-0.2, 0) is 19.6 Å². The molecule has 0 radical (unpaired) electrons. The van der Waals surface area contributed by atoms with Gasteiger partial charge in [0.05, 0.1) is 17.7 Å². The summed E-state index contributed by atoms with van der Waals surface area (Å²) in [6.07, 6.45) is 0. The molecule has 166 valence electrons. The summed E-state index contributed by atoms with van der Waals surface area (Å²) in [5.41, 5.74) is 1.38. The van der Waals surface area contributed by atoms with Gasteiger partial charge in [-0.3, -0.25) is 13.9 Å². The SMILES string of the molecule is COc1ccc(N(CC(=O)Nc2ccc(NC(C)=O)cc2)S(=O)(=O)c2ccccc2)cc1. The Bertz CT molecular complexity index is 1180. The van der Waals surface area contributed by atoms with Gasteiger partial charge in [-0.15, -0.1) is 0 Å². The number of carbonyl (C=O) groups is 2. The number of ether oxygens (including phenoxy) is 1. The maximum Gasteiger partial charge on any atom is 0.264 e. The number of sulfonamides is 1. The van der Waals surface area contributed by atoms with E-state index in [1.807, 2.05) is 0 Å². The van der Waals surface area contributed by atoms with E-state index in [-0.39, 0.29) is 10.8 Å². The molecule has 3 rings (SSSR count). The van der Waals surface area contributed by atoms with E-state index in [4.69, 9.17) is 4.74 Å². The molecule has 8 nitrogen and oxygen atoms in total. The number of nitrogens with zero attached hydrogens (tertiary/aromatic N) is 1. The maximum absolute atomic E-state index is 13.3. The first kappa shape index (κ1) is 22.8. The molecule has 3 aromatic rings. The summed E-state index contributed by atoms with van der Waals surface area (Å²) in [4.78, 5) is 24.0. The highest BCUT2D eigenvalue weighted by Crippen LogP contribution is 2.26. The molecule has 0 aromatic heterocycles. The van der Waals surface area contributed by atoms with Gasteiger partial charge in [-0.1, -0.05) is 18.2 Å². The topological polar surface area (TPSA) is 105 Å². The third-order valence-electron chi connectivity index (χ3n) is 4.47. The Hall–Kier alpha value is -3.85. The number of anilines is 3. The van der Waals surface area contributed by atoms with Crippen molar-refractivity contribution in [3.8, 4) is 5.75 Å². The Kier molecular flexibility index (Phi) is 7.11. The predicted octanol–water partition coefficient (Wildman–Crippen LogP) is 3.49. The zero-order valence-electron chi connectivity index (χ0n) is 17.6. The lowest BCUT2D eigenvalue weighted by Gasteiger charge is -2.24. The molecule has 32 heavy (non-hydrogen) atoms. The normalized spacial score (nSPS) is 10.8. The van der Waals surface area contributed by atoms with Crippen molar-refractivity contribution in [3.63, 3.8) is 0 Å². The van der Waals surface area contributed by atoms with Crippen LogP contribution in [0.4, 0.5) is 17.1 Å². The van der Waals surface area contributed by atoms with E-state index in [0.717, 1.165) is 4.31 Å². The zero-order valence-corrected chi connectivity index (χ0v) is 18.4. The first-order valence-electron chi connectivity index (χ1n) is 9.69. The van der Waals surface area contributed by atoms with E-state index in [0.29, 0.717) is 22.8 Å². The van der Waals surface area contributed by atoms with Crippen molar-refractivity contribution in [2.45, 2.75) is 11.8 Å². The summed E-state index contributed by atoms with van der Waals surface area (Å²) in [5.74, 6) is -0.162. The van der Waals surface area contributed by atoms with Crippen LogP contribution in [0.5, 0.6) is 5.75 Å². The lowest BCUT2D eigenvalue weighted by molar-refractivity contribution is -0.115. The van der Waals surface area contributed by atoms with Crippen LogP contribution in [0.1, 0.15) is 6.92 Å². The molecule has 0 atom stereocenters. The summed E-state index contributed by atoms with van der Waals surface area (Å²) in [6, 6.07) is 20.8. The minimum absolute atomic E-state index is 0.0725. The van der Waals surface area contributed by atoms with Gasteiger partial charge in [-0.25, -0.2) is 8.42 Å². The van der Waals surface area contributed by atoms with Gasteiger partial charge in [0.2, 0.25) is 11.8 Å². The van der Waals surface area contributed by atoms with Crippen LogP contribution in [0.15, 0.2) is 83.8 Å². The molecule has 2 amide bonds. The van der Waals surface area contributed by atoms with Crippen molar-refractivity contribution in [1.29, 1.82) is 0 Å². The summed E-state index contributed by atoms with van der Waals surface area (Å²) in [7, 11) is -2.48. The molecule has 0 fully saturated rings. The lowest BCUT2D eigenvalue weighted by atomic mass is 10.2. The maximum atomic E-state index is 13.3. The number of carbonyl (C=O) groups excluding carboxylic acids is 2. The van der Waals surface area contributed by atoms with Crippen LogP contribution in [-0.4, -0.2) is 33.9 Å². The second-order valence-corrected chi connectivity index (χ2v) is 8.69. The highest BCUT2D eigenvalue weighted by atomic mass is 32.2. The van der Waals surface area contributed by atoms with Crippen LogP contribution in [0, 0.1) is 0 Å². The lowest BCUT2D eigenvalue weighted by Crippen LogP contribution is -2.38. The smallest absolute Gasteiger partial charge is 0.264 e. The molecular formula is C23H23N3O5S. The first-order chi connectivity index (χ1) is 15.3. The number of amides is 2. The Balaban J connectivity index is 1.85. The minimum Gasteiger partial charge on any atom is -0.497 e. The van der Waals surface area contributed by atoms with E-state index in [1.165, 1.54) is 26.2 Å². The van der Waals surface area contributed by atoms with Gasteiger partial charge in [0.15, 0.2) is 0 Å². The molecule has 0 aliphatic carbocycles. The van der Waals surface area contributed by atoms with E-state index < -0.39 is 22.5 Å². The highest BCUT2D eigenvalue weighted by molar-refractivity contribution is 7.92. The van der Waals surface area contributed by atoms with Crippen molar-refractivity contribution in [1.82, 2.24) is 0 Å². The molecule has 9 heteroatoms. The van der Waals surface area contributed by atoms with Gasteiger partial charge < -0.3 is 15.4 Å². The number of nitrogens with one attached hydrogen (secondary N) is 2. The van der Waals surface area contributed by atoms with Gasteiger partial charge in [-0.2, -0.15) is 0 Å². The minimum atomic E-state index is -4.00. The summed E-state index contributed by atoms with van der Waals surface area (Å²) < 4.78 is 32.8. The summed E-state index contributed by atoms with van der Waals surface area (Å²) >= 11 is 0. The Morgan fingerprint density at radius 3 is 1.94 bits per heavy atom. The molecule has 3 aromatic carbocycles. The van der Waals surface area contributed by atoms with Crippen LogP contribution < -0.4 is 19.7 Å². The third kappa shape index (κ3) is 5.64. The zero-order chi connectivity index (χ0) is 23.1. The van der Waals surface area contributed by atoms with Crippen molar-refractivity contribution >= 4 is 38.9 Å². The second-order valence-electron chi connectivity index (χ2n) is 6.83. The number of benzene rings is 3. The van der Waals surface area contributed by atoms with Gasteiger partial charge in [0.1, 0.15) is 12.3 Å². The molecule has 0 spiro atoms. The molecule has 0 aliphatic rings. The molecule has 0 bridgehead atoms. The molecular weight excluding hydrogens is 430 g/mol. The standard InChI is InChI=1S/C23H23N3O5S/c1-17(27)24-18-8-10-19(11-9-18)25-23(28)16-26(20-12-14-21(31-2)15-13-20)32(29,30)22-6-4-3-5-7-22/h3-15H,16H2,1-2H3,(H,24,27)(H,25,28). The molecule has 0 saturated heterocycles. The number of methoxy groups -OCH3 is 1.